The Kier molecular flexibility index (Phi) is 8.81. The van der Waals surface area contributed by atoms with E-state index in [-0.39, 0.29) is 5.56 Å². The highest BCUT2D eigenvalue weighted by Gasteiger charge is 2.42. The van der Waals surface area contributed by atoms with Crippen LogP contribution in [0.4, 0.5) is 0 Å². The molecule has 35 heavy (non-hydrogen) atoms. The van der Waals surface area contributed by atoms with Crippen LogP contribution in [0.15, 0.2) is 54.0 Å². The standard InChI is InChI=1S/C24H24Cl2NO6PS/c1-24(2,3)23(29)32-14-33-34(30,31)21(19-13-35-20-8-7-17(26)12-18(19)20)22(28)27-10-9-15-5-4-6-16(25)11-15/h4-13,21H,14H2,1-3H3,(H,27,28)(H,30,31)/b10-9+. The quantitative estimate of drug-likeness (QED) is 0.180. The molecule has 0 radical (unpaired) electrons. The molecule has 7 nitrogen and oxygen atoms in total. The zero-order chi connectivity index (χ0) is 25.8. The molecule has 0 aliphatic carbocycles. The number of amides is 1. The number of carbonyl (C=O) groups excluding carboxylic acids is 2. The summed E-state index contributed by atoms with van der Waals surface area (Å²) in [6.45, 7) is 4.13. The Labute approximate surface area is 217 Å². The Morgan fingerprint density at radius 1 is 1.17 bits per heavy atom. The van der Waals surface area contributed by atoms with Gasteiger partial charge in [-0.1, -0.05) is 35.3 Å². The first-order valence-corrected chi connectivity index (χ1v) is 13.7. The minimum absolute atomic E-state index is 0.272. The number of rotatable bonds is 8. The number of hydrogen-bond donors (Lipinski definition) is 2. The van der Waals surface area contributed by atoms with Crippen molar-refractivity contribution in [3.05, 3.63) is 75.2 Å². The Bertz CT molecular complexity index is 1320. The second-order valence-corrected chi connectivity index (χ2v) is 12.3. The number of esters is 1. The summed E-state index contributed by atoms with van der Waals surface area (Å²) >= 11 is 13.4. The van der Waals surface area contributed by atoms with Gasteiger partial charge in [-0.25, -0.2) is 0 Å². The van der Waals surface area contributed by atoms with Gasteiger partial charge in [-0.2, -0.15) is 0 Å². The second kappa shape index (κ2) is 11.2. The lowest BCUT2D eigenvalue weighted by Crippen LogP contribution is -2.27. The minimum atomic E-state index is -4.68. The molecule has 0 saturated heterocycles. The van der Waals surface area contributed by atoms with E-state index in [2.05, 4.69) is 5.32 Å². The van der Waals surface area contributed by atoms with E-state index in [4.69, 9.17) is 32.5 Å². The first-order chi connectivity index (χ1) is 16.4. The van der Waals surface area contributed by atoms with Crippen LogP contribution >= 0.6 is 42.1 Å². The van der Waals surface area contributed by atoms with E-state index >= 15 is 0 Å². The first-order valence-electron chi connectivity index (χ1n) is 10.4. The van der Waals surface area contributed by atoms with E-state index in [1.807, 2.05) is 0 Å². The van der Waals surface area contributed by atoms with E-state index in [0.29, 0.717) is 15.4 Å². The molecule has 1 amide bonds. The average molecular weight is 556 g/mol. The highest BCUT2D eigenvalue weighted by atomic mass is 35.5. The number of halogens is 2. The van der Waals surface area contributed by atoms with E-state index in [0.717, 1.165) is 10.3 Å². The van der Waals surface area contributed by atoms with Gasteiger partial charge in [0.1, 0.15) is 0 Å². The summed E-state index contributed by atoms with van der Waals surface area (Å²) in [5.41, 5.74) is -1.44. The van der Waals surface area contributed by atoms with Crippen molar-refractivity contribution in [2.24, 2.45) is 5.41 Å². The molecule has 0 fully saturated rings. The molecule has 186 valence electrons. The number of nitrogens with one attached hydrogen (secondary N) is 1. The Morgan fingerprint density at radius 2 is 1.89 bits per heavy atom. The molecule has 0 aliphatic rings. The zero-order valence-corrected chi connectivity index (χ0v) is 22.4. The molecule has 11 heteroatoms. The van der Waals surface area contributed by atoms with Gasteiger partial charge in [-0.15, -0.1) is 11.3 Å². The van der Waals surface area contributed by atoms with Gasteiger partial charge in [0, 0.05) is 20.9 Å². The lowest BCUT2D eigenvalue weighted by atomic mass is 9.98. The van der Waals surface area contributed by atoms with Crippen LogP contribution in [-0.4, -0.2) is 23.6 Å². The smallest absolute Gasteiger partial charge is 0.347 e. The Balaban J connectivity index is 1.89. The third-order valence-corrected chi connectivity index (χ3v) is 7.92. The molecular formula is C24H24Cl2NO6PS. The molecule has 1 heterocycles. The van der Waals surface area contributed by atoms with Crippen LogP contribution in [0.1, 0.15) is 37.6 Å². The van der Waals surface area contributed by atoms with Gasteiger partial charge in [0.05, 0.1) is 5.41 Å². The molecule has 3 rings (SSSR count). The highest BCUT2D eigenvalue weighted by Crippen LogP contribution is 2.58. The first kappa shape index (κ1) is 27.4. The molecule has 0 saturated carbocycles. The maximum Gasteiger partial charge on any atom is 0.347 e. The summed E-state index contributed by atoms with van der Waals surface area (Å²) in [4.78, 5) is 36.0. The fourth-order valence-corrected chi connectivity index (χ4v) is 5.78. The van der Waals surface area contributed by atoms with Gasteiger partial charge < -0.3 is 14.9 Å². The fourth-order valence-electron chi connectivity index (χ4n) is 3.05. The van der Waals surface area contributed by atoms with Crippen molar-refractivity contribution >= 4 is 70.2 Å². The zero-order valence-electron chi connectivity index (χ0n) is 19.2. The van der Waals surface area contributed by atoms with Crippen LogP contribution in [0, 0.1) is 5.41 Å². The fraction of sp³-hybridized carbons (Fsp3) is 0.250. The molecule has 2 N–H and O–H groups in total. The molecule has 2 atom stereocenters. The molecule has 3 aromatic rings. The van der Waals surface area contributed by atoms with E-state index < -0.39 is 37.3 Å². The number of ether oxygens (including phenoxy) is 1. The summed E-state index contributed by atoms with van der Waals surface area (Å²) in [5.74, 6) is -1.40. The summed E-state index contributed by atoms with van der Waals surface area (Å²) in [5, 5.41) is 5.63. The van der Waals surface area contributed by atoms with Crippen molar-refractivity contribution < 1.29 is 28.3 Å². The Hall–Kier alpha value is -2.19. The van der Waals surface area contributed by atoms with Gasteiger partial charge in [0.15, 0.2) is 5.66 Å². The van der Waals surface area contributed by atoms with E-state index in [1.165, 1.54) is 17.5 Å². The summed E-state index contributed by atoms with van der Waals surface area (Å²) in [6.07, 6.45) is 2.94. The predicted molar refractivity (Wildman–Crippen MR) is 140 cm³/mol. The summed E-state index contributed by atoms with van der Waals surface area (Å²) in [6, 6.07) is 12.0. The molecule has 0 bridgehead atoms. The Morgan fingerprint density at radius 3 is 2.57 bits per heavy atom. The summed E-state index contributed by atoms with van der Waals surface area (Å²) in [7, 11) is -4.68. The monoisotopic (exact) mass is 555 g/mol. The largest absolute Gasteiger partial charge is 0.438 e. The van der Waals surface area contributed by atoms with Crippen molar-refractivity contribution in [1.82, 2.24) is 5.32 Å². The SMILES string of the molecule is CC(C)(C)C(=O)OCOP(=O)(O)C(C(=O)N/C=C/c1cccc(Cl)c1)c1csc2ccc(Cl)cc12. The van der Waals surface area contributed by atoms with Crippen LogP contribution in [0.25, 0.3) is 16.2 Å². The predicted octanol–water partition coefficient (Wildman–Crippen LogP) is 6.79. The lowest BCUT2D eigenvalue weighted by molar-refractivity contribution is -0.159. The molecule has 0 aliphatic heterocycles. The van der Waals surface area contributed by atoms with E-state index in [9.17, 15) is 19.0 Å². The highest BCUT2D eigenvalue weighted by molar-refractivity contribution is 7.54. The van der Waals surface area contributed by atoms with E-state index in [1.54, 1.807) is 74.7 Å². The van der Waals surface area contributed by atoms with Gasteiger partial charge in [-0.05, 0) is 79.1 Å². The van der Waals surface area contributed by atoms with Crippen molar-refractivity contribution in [3.8, 4) is 0 Å². The van der Waals surface area contributed by atoms with Crippen LogP contribution < -0.4 is 5.32 Å². The second-order valence-electron chi connectivity index (χ2n) is 8.62. The lowest BCUT2D eigenvalue weighted by Gasteiger charge is -2.22. The molecular weight excluding hydrogens is 532 g/mol. The molecule has 2 unspecified atom stereocenters. The number of hydrogen-bond acceptors (Lipinski definition) is 6. The minimum Gasteiger partial charge on any atom is -0.438 e. The van der Waals surface area contributed by atoms with Crippen LogP contribution in [0.3, 0.4) is 0 Å². The molecule has 2 aromatic carbocycles. The van der Waals surface area contributed by atoms with Crippen molar-refractivity contribution in [1.29, 1.82) is 0 Å². The maximum atomic E-state index is 13.3. The number of fused-ring (bicyclic) bond motifs is 1. The van der Waals surface area contributed by atoms with Gasteiger partial charge >= 0.3 is 13.6 Å². The molecule has 1 aromatic heterocycles. The van der Waals surface area contributed by atoms with Crippen LogP contribution in [-0.2, 0) is 23.4 Å². The normalized spacial score (nSPS) is 14.6. The average Bonchev–Trinajstić information content (AvgIpc) is 3.15. The number of benzene rings is 2. The number of thiophene rings is 1. The topological polar surface area (TPSA) is 102 Å². The number of carbonyl (C=O) groups is 2. The van der Waals surface area contributed by atoms with Crippen molar-refractivity contribution in [3.63, 3.8) is 0 Å². The van der Waals surface area contributed by atoms with Crippen LogP contribution in [0.2, 0.25) is 10.0 Å². The van der Waals surface area contributed by atoms with Gasteiger partial charge in [-0.3, -0.25) is 18.7 Å². The molecule has 0 spiro atoms. The maximum absolute atomic E-state index is 13.3. The van der Waals surface area contributed by atoms with Crippen LogP contribution in [0.5, 0.6) is 0 Å². The van der Waals surface area contributed by atoms with Crippen molar-refractivity contribution in [2.45, 2.75) is 26.4 Å². The van der Waals surface area contributed by atoms with Gasteiger partial charge in [0.25, 0.3) is 0 Å². The van der Waals surface area contributed by atoms with Crippen molar-refractivity contribution in [2.75, 3.05) is 6.79 Å². The third-order valence-electron chi connectivity index (χ3n) is 4.82. The van der Waals surface area contributed by atoms with Gasteiger partial charge in [0.2, 0.25) is 12.7 Å². The third kappa shape index (κ3) is 7.17. The summed E-state index contributed by atoms with van der Waals surface area (Å²) < 4.78 is 24.2.